The van der Waals surface area contributed by atoms with E-state index in [0.29, 0.717) is 11.5 Å². The minimum atomic E-state index is 0.423. The Labute approximate surface area is 76.7 Å². The van der Waals surface area contributed by atoms with Crippen LogP contribution in [0.25, 0.3) is 0 Å². The van der Waals surface area contributed by atoms with Gasteiger partial charge in [-0.3, -0.25) is 0 Å². The van der Waals surface area contributed by atoms with Gasteiger partial charge in [-0.1, -0.05) is 27.7 Å². The fourth-order valence-electron chi connectivity index (χ4n) is 1.48. The molecule has 1 nitrogen and oxygen atoms in total. The standard InChI is InChI=1S/C11H23N/c1-8(11(2,3)4)7-10(12)9-5-6-9/h8-10H,5-7,12H2,1-4H3. The molecule has 2 unspecified atom stereocenters. The SMILES string of the molecule is CC(CC(N)C1CC1)C(C)(C)C. The van der Waals surface area contributed by atoms with E-state index in [9.17, 15) is 0 Å². The Morgan fingerprint density at radius 3 is 2.17 bits per heavy atom. The maximum atomic E-state index is 6.08. The van der Waals surface area contributed by atoms with E-state index in [0.717, 1.165) is 11.8 Å². The zero-order valence-electron chi connectivity index (χ0n) is 8.93. The van der Waals surface area contributed by atoms with Crippen molar-refractivity contribution in [1.29, 1.82) is 0 Å². The molecule has 0 saturated heterocycles. The van der Waals surface area contributed by atoms with Gasteiger partial charge < -0.3 is 5.73 Å². The lowest BCUT2D eigenvalue weighted by molar-refractivity contribution is 0.228. The van der Waals surface area contributed by atoms with Gasteiger partial charge in [0.25, 0.3) is 0 Å². The van der Waals surface area contributed by atoms with Gasteiger partial charge in [-0.25, -0.2) is 0 Å². The summed E-state index contributed by atoms with van der Waals surface area (Å²) < 4.78 is 0. The number of nitrogens with two attached hydrogens (primary N) is 1. The zero-order chi connectivity index (χ0) is 9.35. The fourth-order valence-corrected chi connectivity index (χ4v) is 1.48. The zero-order valence-corrected chi connectivity index (χ0v) is 8.93. The number of hydrogen-bond donors (Lipinski definition) is 1. The van der Waals surface area contributed by atoms with Crippen LogP contribution in [0.5, 0.6) is 0 Å². The second kappa shape index (κ2) is 3.37. The molecule has 0 radical (unpaired) electrons. The molecule has 1 rings (SSSR count). The van der Waals surface area contributed by atoms with Crippen molar-refractivity contribution in [3.63, 3.8) is 0 Å². The molecule has 0 spiro atoms. The van der Waals surface area contributed by atoms with Crippen LogP contribution in [0.2, 0.25) is 0 Å². The molecule has 0 amide bonds. The molecular weight excluding hydrogens is 146 g/mol. The normalized spacial score (nSPS) is 23.8. The molecule has 1 heteroatoms. The smallest absolute Gasteiger partial charge is 0.00699 e. The Hall–Kier alpha value is -0.0400. The van der Waals surface area contributed by atoms with Gasteiger partial charge in [-0.2, -0.15) is 0 Å². The fraction of sp³-hybridized carbons (Fsp3) is 1.00. The third kappa shape index (κ3) is 2.78. The number of hydrogen-bond acceptors (Lipinski definition) is 1. The Bertz CT molecular complexity index is 142. The summed E-state index contributed by atoms with van der Waals surface area (Å²) in [5, 5.41) is 0. The van der Waals surface area contributed by atoms with Crippen molar-refractivity contribution in [2.75, 3.05) is 0 Å². The topological polar surface area (TPSA) is 26.0 Å². The summed E-state index contributed by atoms with van der Waals surface area (Å²) in [4.78, 5) is 0. The van der Waals surface area contributed by atoms with Crippen molar-refractivity contribution in [3.05, 3.63) is 0 Å². The molecule has 1 fully saturated rings. The van der Waals surface area contributed by atoms with E-state index in [-0.39, 0.29) is 0 Å². The predicted octanol–water partition coefficient (Wildman–Crippen LogP) is 2.80. The van der Waals surface area contributed by atoms with Crippen LogP contribution in [0.3, 0.4) is 0 Å². The van der Waals surface area contributed by atoms with Gasteiger partial charge in [-0.15, -0.1) is 0 Å². The largest absolute Gasteiger partial charge is 0.327 e. The predicted molar refractivity (Wildman–Crippen MR) is 53.9 cm³/mol. The summed E-state index contributed by atoms with van der Waals surface area (Å²) in [5.74, 6) is 1.60. The van der Waals surface area contributed by atoms with Crippen LogP contribution in [-0.2, 0) is 0 Å². The second-order valence-electron chi connectivity index (χ2n) is 5.50. The monoisotopic (exact) mass is 169 g/mol. The van der Waals surface area contributed by atoms with Crippen molar-refractivity contribution < 1.29 is 0 Å². The quantitative estimate of drug-likeness (QED) is 0.690. The van der Waals surface area contributed by atoms with Crippen molar-refractivity contribution >= 4 is 0 Å². The summed E-state index contributed by atoms with van der Waals surface area (Å²) in [6.07, 6.45) is 3.95. The number of rotatable bonds is 3. The third-order valence-electron chi connectivity index (χ3n) is 3.33. The molecule has 0 bridgehead atoms. The van der Waals surface area contributed by atoms with Crippen LogP contribution >= 0.6 is 0 Å². The van der Waals surface area contributed by atoms with Gasteiger partial charge in [0.15, 0.2) is 0 Å². The van der Waals surface area contributed by atoms with Gasteiger partial charge in [0, 0.05) is 6.04 Å². The summed E-state index contributed by atoms with van der Waals surface area (Å²) >= 11 is 0. The van der Waals surface area contributed by atoms with Crippen LogP contribution in [0.15, 0.2) is 0 Å². The Balaban J connectivity index is 2.29. The van der Waals surface area contributed by atoms with Gasteiger partial charge in [0.05, 0.1) is 0 Å². The summed E-state index contributed by atoms with van der Waals surface area (Å²) in [7, 11) is 0. The molecule has 0 aromatic rings. The van der Waals surface area contributed by atoms with E-state index >= 15 is 0 Å². The van der Waals surface area contributed by atoms with Gasteiger partial charge >= 0.3 is 0 Å². The summed E-state index contributed by atoms with van der Waals surface area (Å²) in [6, 6.07) is 0.472. The van der Waals surface area contributed by atoms with Crippen LogP contribution in [0.1, 0.15) is 47.0 Å². The molecule has 2 atom stereocenters. The molecular formula is C11H23N. The summed E-state index contributed by atoms with van der Waals surface area (Å²) in [6.45, 7) is 9.23. The molecule has 1 saturated carbocycles. The van der Waals surface area contributed by atoms with Gasteiger partial charge in [-0.05, 0) is 36.5 Å². The van der Waals surface area contributed by atoms with E-state index in [4.69, 9.17) is 5.73 Å². The van der Waals surface area contributed by atoms with Crippen LogP contribution < -0.4 is 5.73 Å². The lowest BCUT2D eigenvalue weighted by Crippen LogP contribution is -2.29. The Kier molecular flexibility index (Phi) is 2.82. The Morgan fingerprint density at radius 1 is 1.33 bits per heavy atom. The van der Waals surface area contributed by atoms with Gasteiger partial charge in [0.2, 0.25) is 0 Å². The molecule has 12 heavy (non-hydrogen) atoms. The van der Waals surface area contributed by atoms with Crippen molar-refractivity contribution in [1.82, 2.24) is 0 Å². The molecule has 0 aromatic heterocycles. The van der Waals surface area contributed by atoms with E-state index in [1.54, 1.807) is 0 Å². The molecule has 0 heterocycles. The molecule has 1 aliphatic carbocycles. The van der Waals surface area contributed by atoms with E-state index in [2.05, 4.69) is 27.7 Å². The maximum Gasteiger partial charge on any atom is 0.00699 e. The first-order valence-electron chi connectivity index (χ1n) is 5.17. The van der Waals surface area contributed by atoms with E-state index < -0.39 is 0 Å². The third-order valence-corrected chi connectivity index (χ3v) is 3.33. The first kappa shape index (κ1) is 10.0. The first-order valence-corrected chi connectivity index (χ1v) is 5.17. The lowest BCUT2D eigenvalue weighted by Gasteiger charge is -2.29. The maximum absolute atomic E-state index is 6.08. The highest BCUT2D eigenvalue weighted by Crippen LogP contribution is 2.37. The molecule has 2 N–H and O–H groups in total. The minimum absolute atomic E-state index is 0.423. The van der Waals surface area contributed by atoms with Crippen LogP contribution in [0.4, 0.5) is 0 Å². The molecule has 0 aliphatic heterocycles. The van der Waals surface area contributed by atoms with E-state index in [1.807, 2.05) is 0 Å². The minimum Gasteiger partial charge on any atom is -0.327 e. The van der Waals surface area contributed by atoms with Crippen molar-refractivity contribution in [3.8, 4) is 0 Å². The van der Waals surface area contributed by atoms with Crippen LogP contribution in [-0.4, -0.2) is 6.04 Å². The molecule has 72 valence electrons. The Morgan fingerprint density at radius 2 is 1.83 bits per heavy atom. The van der Waals surface area contributed by atoms with Crippen molar-refractivity contribution in [2.24, 2.45) is 23.0 Å². The highest BCUT2D eigenvalue weighted by Gasteiger charge is 2.31. The summed E-state index contributed by atoms with van der Waals surface area (Å²) in [5.41, 5.74) is 6.50. The first-order chi connectivity index (χ1) is 5.41. The second-order valence-corrected chi connectivity index (χ2v) is 5.50. The average Bonchev–Trinajstić information content (AvgIpc) is 2.65. The average molecular weight is 169 g/mol. The molecule has 0 aromatic carbocycles. The van der Waals surface area contributed by atoms with Gasteiger partial charge in [0.1, 0.15) is 0 Å². The highest BCUT2D eigenvalue weighted by molar-refractivity contribution is 4.86. The molecule has 1 aliphatic rings. The highest BCUT2D eigenvalue weighted by atomic mass is 14.7. The van der Waals surface area contributed by atoms with Crippen LogP contribution in [0, 0.1) is 17.3 Å². The van der Waals surface area contributed by atoms with E-state index in [1.165, 1.54) is 19.3 Å². The van der Waals surface area contributed by atoms with Crippen molar-refractivity contribution in [2.45, 2.75) is 53.0 Å². The lowest BCUT2D eigenvalue weighted by atomic mass is 9.78.